The summed E-state index contributed by atoms with van der Waals surface area (Å²) in [4.78, 5) is 30.5. The molecule has 1 saturated heterocycles. The van der Waals surface area contributed by atoms with Gasteiger partial charge in [0.05, 0.1) is 46.9 Å². The molecule has 0 radical (unpaired) electrons. The molecule has 15 heteroatoms. The van der Waals surface area contributed by atoms with Crippen LogP contribution in [0.3, 0.4) is 0 Å². The van der Waals surface area contributed by atoms with Crippen LogP contribution in [0.5, 0.6) is 0 Å². The fourth-order valence-corrected chi connectivity index (χ4v) is 7.17. The quantitative estimate of drug-likeness (QED) is 0.0588. The number of hydrogen-bond donors (Lipinski definition) is 1. The minimum Gasteiger partial charge on any atom is -0.468 e. The molecule has 0 saturated carbocycles. The number of hydrogen-bond acceptors (Lipinski definition) is 9. The Morgan fingerprint density at radius 3 is 1.78 bits per heavy atom. The predicted molar refractivity (Wildman–Crippen MR) is 258 cm³/mol. The lowest BCUT2D eigenvalue weighted by molar-refractivity contribution is -0.153. The number of rotatable bonds is 11. The molecule has 0 aliphatic carbocycles. The lowest BCUT2D eigenvalue weighted by Crippen LogP contribution is -2.41. The van der Waals surface area contributed by atoms with E-state index in [9.17, 15) is 22.8 Å². The smallest absolute Gasteiger partial charge is 0.468 e. The minimum absolute atomic E-state index is 0.256. The monoisotopic (exact) mass is 979 g/mol. The Bertz CT molecular complexity index is 2420. The Hall–Kier alpha value is -4.57. The zero-order valence-electron chi connectivity index (χ0n) is 38.7. The second-order valence-electron chi connectivity index (χ2n) is 16.7. The van der Waals surface area contributed by atoms with Gasteiger partial charge in [0.25, 0.3) is 5.24 Å². The molecule has 0 atom stereocenters. The molecule has 1 N–H and O–H groups in total. The van der Waals surface area contributed by atoms with E-state index in [1.54, 1.807) is 0 Å². The van der Waals surface area contributed by atoms with Crippen LogP contribution in [0.2, 0.25) is 0 Å². The Morgan fingerprint density at radius 1 is 0.785 bits per heavy atom. The molecular formula is C50H59BBrClF3N3O6. The maximum absolute atomic E-state index is 12.3. The summed E-state index contributed by atoms with van der Waals surface area (Å²) in [6.45, 7) is 22.7. The molecule has 0 bridgehead atoms. The fourth-order valence-electron chi connectivity index (χ4n) is 6.71. The van der Waals surface area contributed by atoms with Gasteiger partial charge in [-0.3, -0.25) is 9.59 Å². The van der Waals surface area contributed by atoms with E-state index >= 15 is 0 Å². The lowest BCUT2D eigenvalue weighted by atomic mass is 9.75. The number of halogens is 5. The van der Waals surface area contributed by atoms with Gasteiger partial charge < -0.3 is 28.7 Å². The van der Waals surface area contributed by atoms with Crippen LogP contribution in [0.25, 0.3) is 21.8 Å². The van der Waals surface area contributed by atoms with E-state index in [4.69, 9.17) is 30.1 Å². The Kier molecular flexibility index (Phi) is 19.0. The van der Waals surface area contributed by atoms with Crippen molar-refractivity contribution < 1.29 is 41.2 Å². The summed E-state index contributed by atoms with van der Waals surface area (Å²) in [6.07, 6.45) is -4.43. The summed E-state index contributed by atoms with van der Waals surface area (Å²) < 4.78 is 59.6. The molecule has 1 aliphatic rings. The lowest BCUT2D eigenvalue weighted by Gasteiger charge is -2.32. The van der Waals surface area contributed by atoms with Gasteiger partial charge in [-0.05, 0) is 126 Å². The topological polar surface area (TPSA) is 103 Å². The average molecular weight is 981 g/mol. The van der Waals surface area contributed by atoms with E-state index in [0.717, 1.165) is 48.9 Å². The number of methoxy groups -OCH3 is 1. The molecule has 6 aromatic rings. The van der Waals surface area contributed by atoms with Crippen molar-refractivity contribution in [2.45, 2.75) is 98.2 Å². The maximum Gasteiger partial charge on any atom is 0.494 e. The van der Waals surface area contributed by atoms with E-state index < -0.39 is 29.7 Å². The number of aromatic nitrogens is 1. The van der Waals surface area contributed by atoms with E-state index in [1.807, 2.05) is 139 Å². The van der Waals surface area contributed by atoms with Crippen molar-refractivity contribution in [3.05, 3.63) is 142 Å². The first-order valence-electron chi connectivity index (χ1n) is 21.4. The fraction of sp³-hybridized carbons (Fsp3) is 0.380. The Morgan fingerprint density at radius 2 is 1.32 bits per heavy atom. The van der Waals surface area contributed by atoms with Crippen LogP contribution in [0.1, 0.15) is 95.3 Å². The third-order valence-corrected chi connectivity index (χ3v) is 12.2. The third-order valence-electron chi connectivity index (χ3n) is 11.4. The number of para-hydroxylation sites is 2. The van der Waals surface area contributed by atoms with Crippen LogP contribution in [0.15, 0.2) is 118 Å². The van der Waals surface area contributed by atoms with Crippen LogP contribution in [0.4, 0.5) is 13.2 Å². The van der Waals surface area contributed by atoms with Crippen LogP contribution < -0.4 is 10.8 Å². The number of pyridine rings is 1. The van der Waals surface area contributed by atoms with Crippen molar-refractivity contribution in [3.8, 4) is 0 Å². The SMILES string of the molecule is CCN(CC)CC.COC(=O)C(C)(C)c1cccc(B2OC(C)(C)C(C)(C)O2)c1.FC(F)(F)c1ccc(CNCc2ccc(Br)cc2)o1.O=C(Cl)c1c2ccccc2nc2ccccc12. The number of alkyl halides is 3. The number of ether oxygens (including phenoxy) is 1. The van der Waals surface area contributed by atoms with Crippen LogP contribution in [-0.2, 0) is 43.5 Å². The zero-order valence-corrected chi connectivity index (χ0v) is 41.1. The van der Waals surface area contributed by atoms with Crippen LogP contribution in [-0.4, -0.2) is 66.2 Å². The number of esters is 1. The Labute approximate surface area is 394 Å². The highest BCUT2D eigenvalue weighted by molar-refractivity contribution is 9.10. The van der Waals surface area contributed by atoms with Gasteiger partial charge >= 0.3 is 19.3 Å². The number of carbonyl (C=O) groups is 2. The summed E-state index contributed by atoms with van der Waals surface area (Å²) in [5.41, 5.74) is 3.47. The molecule has 1 fully saturated rings. The van der Waals surface area contributed by atoms with Gasteiger partial charge in [-0.15, -0.1) is 0 Å². The van der Waals surface area contributed by atoms with Crippen molar-refractivity contribution in [2.24, 2.45) is 0 Å². The Balaban J connectivity index is 0.000000200. The maximum atomic E-state index is 12.3. The molecule has 7 rings (SSSR count). The number of furan rings is 1. The molecule has 348 valence electrons. The highest BCUT2D eigenvalue weighted by atomic mass is 79.9. The second-order valence-corrected chi connectivity index (χ2v) is 18.0. The van der Waals surface area contributed by atoms with E-state index in [0.29, 0.717) is 12.1 Å². The van der Waals surface area contributed by atoms with E-state index in [-0.39, 0.29) is 29.5 Å². The predicted octanol–water partition coefficient (Wildman–Crippen LogP) is 11.9. The van der Waals surface area contributed by atoms with Crippen molar-refractivity contribution in [1.82, 2.24) is 15.2 Å². The van der Waals surface area contributed by atoms with Gasteiger partial charge in [0, 0.05) is 21.8 Å². The van der Waals surface area contributed by atoms with Crippen LogP contribution in [0, 0.1) is 0 Å². The number of carbonyl (C=O) groups excluding carboxylic acids is 2. The molecule has 3 heterocycles. The summed E-state index contributed by atoms with van der Waals surface area (Å²) in [5.74, 6) is -0.962. The summed E-state index contributed by atoms with van der Waals surface area (Å²) in [5, 5.41) is 4.18. The first kappa shape index (κ1) is 53.1. The molecule has 0 spiro atoms. The van der Waals surface area contributed by atoms with E-state index in [1.165, 1.54) is 32.8 Å². The molecule has 65 heavy (non-hydrogen) atoms. The summed E-state index contributed by atoms with van der Waals surface area (Å²) in [7, 11) is 0.973. The van der Waals surface area contributed by atoms with Gasteiger partial charge in [-0.25, -0.2) is 4.98 Å². The second kappa shape index (κ2) is 23.2. The molecule has 0 unspecified atom stereocenters. The average Bonchev–Trinajstić information content (AvgIpc) is 3.85. The normalized spacial score (nSPS) is 14.2. The molecule has 4 aromatic carbocycles. The molecule has 2 aromatic heterocycles. The summed E-state index contributed by atoms with van der Waals surface area (Å²) in [6, 6.07) is 32.7. The van der Waals surface area contributed by atoms with Gasteiger partial charge in [-0.2, -0.15) is 13.2 Å². The highest BCUT2D eigenvalue weighted by Gasteiger charge is 2.52. The number of fused-ring (bicyclic) bond motifs is 2. The highest BCUT2D eigenvalue weighted by Crippen LogP contribution is 2.37. The third kappa shape index (κ3) is 14.2. The number of nitrogens with one attached hydrogen (secondary N) is 1. The minimum atomic E-state index is -4.43. The van der Waals surface area contributed by atoms with Gasteiger partial charge in [0.1, 0.15) is 5.76 Å². The molecule has 1 aliphatic heterocycles. The van der Waals surface area contributed by atoms with Gasteiger partial charge in [0.2, 0.25) is 5.76 Å². The molecular weight excluding hydrogens is 922 g/mol. The number of benzene rings is 4. The van der Waals surface area contributed by atoms with E-state index in [2.05, 4.69) is 51.9 Å². The van der Waals surface area contributed by atoms with Crippen molar-refractivity contribution >= 4 is 73.1 Å². The standard InChI is InChI=1S/C17H25BO4.C14H8ClNO.C13H11BrF3NO.C6H15N/c1-15(2,14(19)20-7)12-9-8-10-13(11-12)18-21-16(3,4)17(5,6)22-18;15-14(17)13-9-5-1-3-7-11(9)16-12-8-4-2-6-10(12)13;14-10-3-1-9(2-4-10)7-18-8-11-5-6-12(19-11)13(15,16)17;1-4-7(5-2)6-3/h8-11H,1-7H3;1-8H;1-6,18H,7-8H2;4-6H2,1-3H3. The zero-order chi connectivity index (χ0) is 48.2. The van der Waals surface area contributed by atoms with Gasteiger partial charge in [0.15, 0.2) is 0 Å². The molecule has 9 nitrogen and oxygen atoms in total. The largest absolute Gasteiger partial charge is 0.494 e. The van der Waals surface area contributed by atoms with Gasteiger partial charge in [-0.1, -0.05) is 109 Å². The van der Waals surface area contributed by atoms with Crippen LogP contribution >= 0.6 is 27.5 Å². The first-order chi connectivity index (χ1) is 30.6. The number of nitrogens with zero attached hydrogens (tertiary/aromatic N) is 2. The first-order valence-corrected chi connectivity index (χ1v) is 22.6. The van der Waals surface area contributed by atoms with Crippen molar-refractivity contribution in [2.75, 3.05) is 26.7 Å². The summed E-state index contributed by atoms with van der Waals surface area (Å²) >= 11 is 9.02. The molecule has 0 amide bonds. The van der Waals surface area contributed by atoms with Crippen molar-refractivity contribution in [1.29, 1.82) is 0 Å². The van der Waals surface area contributed by atoms with Crippen molar-refractivity contribution in [3.63, 3.8) is 0 Å².